The Labute approximate surface area is 92.7 Å². The van der Waals surface area contributed by atoms with E-state index in [1.165, 1.54) is 0 Å². The van der Waals surface area contributed by atoms with Crippen molar-refractivity contribution in [1.29, 1.82) is 5.26 Å². The van der Waals surface area contributed by atoms with Gasteiger partial charge in [-0.2, -0.15) is 5.26 Å². The van der Waals surface area contributed by atoms with E-state index in [1.54, 1.807) is 18.2 Å². The van der Waals surface area contributed by atoms with Gasteiger partial charge in [-0.1, -0.05) is 30.4 Å². The van der Waals surface area contributed by atoms with Gasteiger partial charge in [0.1, 0.15) is 4.99 Å². The molecule has 0 aromatic heterocycles. The van der Waals surface area contributed by atoms with Crippen LogP contribution in [0.25, 0.3) is 0 Å². The molecule has 1 unspecified atom stereocenters. The fourth-order valence-electron chi connectivity index (χ4n) is 0.987. The van der Waals surface area contributed by atoms with Gasteiger partial charge in [-0.3, -0.25) is 4.79 Å². The Morgan fingerprint density at radius 1 is 1.47 bits per heavy atom. The zero-order valence-corrected chi connectivity index (χ0v) is 8.62. The van der Waals surface area contributed by atoms with Crippen molar-refractivity contribution in [2.24, 2.45) is 11.7 Å². The molecule has 0 fully saturated rings. The summed E-state index contributed by atoms with van der Waals surface area (Å²) in [6.07, 6.45) is 0. The largest absolute Gasteiger partial charge is 0.368 e. The number of hydrogen-bond donors (Lipinski definition) is 2. The molecule has 1 aromatic rings. The molecule has 0 saturated heterocycles. The van der Waals surface area contributed by atoms with Crippen molar-refractivity contribution in [3.8, 4) is 6.07 Å². The second kappa shape index (κ2) is 5.08. The highest BCUT2D eigenvalue weighted by molar-refractivity contribution is 7.80. The third kappa shape index (κ3) is 3.04. The van der Waals surface area contributed by atoms with Gasteiger partial charge in [0.15, 0.2) is 5.92 Å². The first-order valence-corrected chi connectivity index (χ1v) is 4.61. The molecule has 0 saturated carbocycles. The summed E-state index contributed by atoms with van der Waals surface area (Å²) in [7, 11) is 0. The molecule has 0 radical (unpaired) electrons. The van der Waals surface area contributed by atoms with Crippen LogP contribution in [0, 0.1) is 17.2 Å². The van der Waals surface area contributed by atoms with Crippen molar-refractivity contribution >= 4 is 28.8 Å². The van der Waals surface area contributed by atoms with Gasteiger partial charge in [0.25, 0.3) is 0 Å². The van der Waals surface area contributed by atoms with E-state index in [4.69, 9.17) is 23.2 Å². The molecule has 0 bridgehead atoms. The number of amides is 1. The maximum atomic E-state index is 10.8. The van der Waals surface area contributed by atoms with Crippen molar-refractivity contribution in [2.75, 3.05) is 5.32 Å². The minimum absolute atomic E-state index is 0.121. The highest BCUT2D eigenvalue weighted by Crippen LogP contribution is 2.08. The van der Waals surface area contributed by atoms with E-state index in [-0.39, 0.29) is 4.99 Å². The summed E-state index contributed by atoms with van der Waals surface area (Å²) >= 11 is 4.90. The molecule has 1 aromatic carbocycles. The van der Waals surface area contributed by atoms with Gasteiger partial charge in [-0.05, 0) is 12.1 Å². The Kier molecular flexibility index (Phi) is 3.77. The van der Waals surface area contributed by atoms with Crippen LogP contribution in [-0.4, -0.2) is 10.9 Å². The van der Waals surface area contributed by atoms with E-state index in [9.17, 15) is 4.79 Å². The highest BCUT2D eigenvalue weighted by Gasteiger charge is 2.19. The molecule has 15 heavy (non-hydrogen) atoms. The molecule has 0 heterocycles. The van der Waals surface area contributed by atoms with E-state index in [0.717, 1.165) is 5.69 Å². The van der Waals surface area contributed by atoms with Gasteiger partial charge in [-0.25, -0.2) is 0 Å². The van der Waals surface area contributed by atoms with Crippen LogP contribution in [0.2, 0.25) is 0 Å². The van der Waals surface area contributed by atoms with Crippen LogP contribution in [0.1, 0.15) is 0 Å². The van der Waals surface area contributed by atoms with Gasteiger partial charge in [0, 0.05) is 5.69 Å². The molecule has 5 heteroatoms. The second-order valence-electron chi connectivity index (χ2n) is 2.82. The zero-order valence-electron chi connectivity index (χ0n) is 7.81. The number of hydrogen-bond acceptors (Lipinski definition) is 3. The van der Waals surface area contributed by atoms with Crippen LogP contribution < -0.4 is 11.1 Å². The van der Waals surface area contributed by atoms with Gasteiger partial charge in [-0.15, -0.1) is 0 Å². The molecule has 1 amide bonds. The number of benzene rings is 1. The predicted molar refractivity (Wildman–Crippen MR) is 61.0 cm³/mol. The SMILES string of the molecule is N#CC(C(N)=O)C(=S)Nc1ccccc1. The molecular formula is C10H9N3OS. The number of anilines is 1. The quantitative estimate of drug-likeness (QED) is 0.745. The number of carbonyl (C=O) groups is 1. The first-order chi connectivity index (χ1) is 7.15. The van der Waals surface area contributed by atoms with Crippen molar-refractivity contribution in [2.45, 2.75) is 0 Å². The number of para-hydroxylation sites is 1. The molecule has 0 aliphatic rings. The first-order valence-electron chi connectivity index (χ1n) is 4.20. The van der Waals surface area contributed by atoms with Gasteiger partial charge >= 0.3 is 0 Å². The van der Waals surface area contributed by atoms with Crippen LogP contribution in [-0.2, 0) is 4.79 Å². The van der Waals surface area contributed by atoms with Gasteiger partial charge in [0.2, 0.25) is 5.91 Å². The average Bonchev–Trinajstić information content (AvgIpc) is 2.19. The lowest BCUT2D eigenvalue weighted by molar-refractivity contribution is -0.118. The highest BCUT2D eigenvalue weighted by atomic mass is 32.1. The molecular weight excluding hydrogens is 210 g/mol. The van der Waals surface area contributed by atoms with E-state index in [2.05, 4.69) is 5.32 Å². The minimum atomic E-state index is -1.08. The van der Waals surface area contributed by atoms with Gasteiger partial charge < -0.3 is 11.1 Å². The summed E-state index contributed by atoms with van der Waals surface area (Å²) < 4.78 is 0. The minimum Gasteiger partial charge on any atom is -0.368 e. The monoisotopic (exact) mass is 219 g/mol. The zero-order chi connectivity index (χ0) is 11.3. The predicted octanol–water partition coefficient (Wildman–Crippen LogP) is 1.05. The standard InChI is InChI=1S/C10H9N3OS/c11-6-8(9(12)14)10(15)13-7-4-2-1-3-5-7/h1-5,8H,(H2,12,14)(H,13,15). The lowest BCUT2D eigenvalue weighted by atomic mass is 10.1. The van der Waals surface area contributed by atoms with Crippen LogP contribution in [0.4, 0.5) is 5.69 Å². The number of nitrogens with zero attached hydrogens (tertiary/aromatic N) is 1. The first kappa shape index (κ1) is 11.1. The van der Waals surface area contributed by atoms with E-state index < -0.39 is 11.8 Å². The fourth-order valence-corrected chi connectivity index (χ4v) is 1.27. The maximum Gasteiger partial charge on any atom is 0.241 e. The maximum absolute atomic E-state index is 10.8. The smallest absolute Gasteiger partial charge is 0.241 e. The summed E-state index contributed by atoms with van der Waals surface area (Å²) in [5.74, 6) is -1.83. The van der Waals surface area contributed by atoms with Crippen LogP contribution >= 0.6 is 12.2 Å². The molecule has 0 aliphatic carbocycles. The Morgan fingerprint density at radius 2 is 2.07 bits per heavy atom. The number of primary amides is 1. The summed E-state index contributed by atoms with van der Waals surface area (Å²) in [6, 6.07) is 10.8. The van der Waals surface area contributed by atoms with Crippen molar-refractivity contribution < 1.29 is 4.79 Å². The van der Waals surface area contributed by atoms with Crippen LogP contribution in [0.15, 0.2) is 30.3 Å². The number of nitrogens with one attached hydrogen (secondary N) is 1. The second-order valence-corrected chi connectivity index (χ2v) is 3.26. The Hall–Kier alpha value is -1.93. The summed E-state index contributed by atoms with van der Waals surface area (Å²) in [4.78, 5) is 11.0. The molecule has 1 atom stereocenters. The van der Waals surface area contributed by atoms with Crippen molar-refractivity contribution in [3.05, 3.63) is 30.3 Å². The number of nitriles is 1. The van der Waals surface area contributed by atoms with Crippen LogP contribution in [0.3, 0.4) is 0 Å². The van der Waals surface area contributed by atoms with E-state index in [0.29, 0.717) is 0 Å². The Bertz CT molecular complexity index is 410. The number of nitrogens with two attached hydrogens (primary N) is 1. The topological polar surface area (TPSA) is 78.9 Å². The fraction of sp³-hybridized carbons (Fsp3) is 0.100. The lowest BCUT2D eigenvalue weighted by Gasteiger charge is -2.09. The summed E-state index contributed by atoms with van der Waals surface area (Å²) in [5.41, 5.74) is 5.74. The normalized spacial score (nSPS) is 11.1. The van der Waals surface area contributed by atoms with E-state index >= 15 is 0 Å². The lowest BCUT2D eigenvalue weighted by Crippen LogP contribution is -2.32. The molecule has 4 nitrogen and oxygen atoms in total. The van der Waals surface area contributed by atoms with Crippen molar-refractivity contribution in [1.82, 2.24) is 0 Å². The number of rotatable bonds is 3. The molecule has 1 rings (SSSR count). The number of carbonyl (C=O) groups excluding carboxylic acids is 1. The Balaban J connectivity index is 2.72. The summed E-state index contributed by atoms with van der Waals surface area (Å²) in [5, 5.41) is 11.4. The van der Waals surface area contributed by atoms with Crippen LogP contribution in [0.5, 0.6) is 0 Å². The van der Waals surface area contributed by atoms with E-state index in [1.807, 2.05) is 18.2 Å². The Morgan fingerprint density at radius 3 is 2.53 bits per heavy atom. The third-order valence-corrected chi connectivity index (χ3v) is 2.05. The molecule has 3 N–H and O–H groups in total. The average molecular weight is 219 g/mol. The van der Waals surface area contributed by atoms with Crippen molar-refractivity contribution in [3.63, 3.8) is 0 Å². The number of thiocarbonyl (C=S) groups is 1. The van der Waals surface area contributed by atoms with Gasteiger partial charge in [0.05, 0.1) is 6.07 Å². The molecule has 0 aliphatic heterocycles. The molecule has 76 valence electrons. The molecule has 0 spiro atoms. The third-order valence-electron chi connectivity index (χ3n) is 1.72. The summed E-state index contributed by atoms with van der Waals surface area (Å²) in [6.45, 7) is 0.